The molecule has 0 saturated carbocycles. The molecule has 0 aromatic heterocycles. The van der Waals surface area contributed by atoms with E-state index in [9.17, 15) is 5.11 Å². The lowest BCUT2D eigenvalue weighted by molar-refractivity contribution is 0.424. The van der Waals surface area contributed by atoms with Gasteiger partial charge in [0.05, 0.1) is 5.70 Å². The largest absolute Gasteiger partial charge is 0.507 e. The molecule has 0 atom stereocenters. The number of phenols is 1. The van der Waals surface area contributed by atoms with E-state index < -0.39 is 0 Å². The van der Waals surface area contributed by atoms with E-state index in [1.165, 1.54) is 0 Å². The number of aromatic hydroxyl groups is 1. The molecular weight excluding hydrogens is 240 g/mol. The van der Waals surface area contributed by atoms with Gasteiger partial charge in [0.1, 0.15) is 11.6 Å². The molecule has 0 spiro atoms. The van der Waals surface area contributed by atoms with Gasteiger partial charge >= 0.3 is 0 Å². The van der Waals surface area contributed by atoms with Gasteiger partial charge < -0.3 is 27.2 Å². The highest BCUT2D eigenvalue weighted by atomic mass is 16.3. The molecule has 0 radical (unpaired) electrons. The van der Waals surface area contributed by atoms with Gasteiger partial charge in [-0.05, 0) is 24.6 Å². The zero-order chi connectivity index (χ0) is 14.4. The fourth-order valence-corrected chi connectivity index (χ4v) is 1.81. The molecule has 5 heteroatoms. The van der Waals surface area contributed by atoms with Gasteiger partial charge in [-0.2, -0.15) is 0 Å². The maximum absolute atomic E-state index is 9.76. The van der Waals surface area contributed by atoms with Gasteiger partial charge in [-0.15, -0.1) is 0 Å². The predicted octanol–water partition coefficient (Wildman–Crippen LogP) is 1.12. The maximum atomic E-state index is 9.76. The molecule has 104 valence electrons. The third kappa shape index (κ3) is 3.84. The van der Waals surface area contributed by atoms with Crippen molar-refractivity contribution in [2.45, 2.75) is 13.3 Å². The van der Waals surface area contributed by atoms with Gasteiger partial charge in [0.15, 0.2) is 0 Å². The number of nitrogens with zero attached hydrogens (tertiary/aromatic N) is 1. The summed E-state index contributed by atoms with van der Waals surface area (Å²) < 4.78 is 0. The summed E-state index contributed by atoms with van der Waals surface area (Å²) in [7, 11) is 1.90. The summed E-state index contributed by atoms with van der Waals surface area (Å²) in [5.41, 5.74) is 19.0. The van der Waals surface area contributed by atoms with Crippen molar-refractivity contribution in [1.29, 1.82) is 0 Å². The molecule has 0 fully saturated rings. The molecule has 0 aliphatic rings. The number of para-hydroxylation sites is 1. The van der Waals surface area contributed by atoms with Crippen LogP contribution in [-0.4, -0.2) is 23.6 Å². The number of phenolic OH excluding ortho intramolecular Hbond substituents is 1. The lowest BCUT2D eigenvalue weighted by atomic mass is 10.1. The first-order valence-corrected chi connectivity index (χ1v) is 6.19. The van der Waals surface area contributed by atoms with Crippen LogP contribution in [0.15, 0.2) is 41.9 Å². The lowest BCUT2D eigenvalue weighted by Gasteiger charge is -2.21. The van der Waals surface area contributed by atoms with Crippen molar-refractivity contribution in [2.75, 3.05) is 13.6 Å². The highest BCUT2D eigenvalue weighted by Crippen LogP contribution is 2.22. The van der Waals surface area contributed by atoms with Crippen molar-refractivity contribution in [3.05, 3.63) is 47.4 Å². The Labute approximate surface area is 114 Å². The predicted molar refractivity (Wildman–Crippen MR) is 78.6 cm³/mol. The van der Waals surface area contributed by atoms with E-state index in [-0.39, 0.29) is 11.6 Å². The average Bonchev–Trinajstić information content (AvgIpc) is 2.36. The summed E-state index contributed by atoms with van der Waals surface area (Å²) >= 11 is 0. The van der Waals surface area contributed by atoms with Crippen LogP contribution in [0, 0.1) is 0 Å². The Bertz CT molecular complexity index is 490. The Morgan fingerprint density at radius 3 is 2.42 bits per heavy atom. The highest BCUT2D eigenvalue weighted by molar-refractivity contribution is 5.69. The highest BCUT2D eigenvalue weighted by Gasteiger charge is 2.08. The smallest absolute Gasteiger partial charge is 0.124 e. The number of hydrogen-bond donors (Lipinski definition) is 4. The molecule has 0 aliphatic heterocycles. The number of nitrogens with two attached hydrogens (primary N) is 3. The normalized spacial score (nSPS) is 11.2. The van der Waals surface area contributed by atoms with E-state index in [4.69, 9.17) is 17.2 Å². The fourth-order valence-electron chi connectivity index (χ4n) is 1.81. The van der Waals surface area contributed by atoms with Crippen LogP contribution in [-0.2, 0) is 0 Å². The SMILES string of the molecule is CCCN(C)C(/C=C(\N)c1ccccc1O)=C(N)N. The molecule has 1 aromatic carbocycles. The van der Waals surface area contributed by atoms with Crippen LogP contribution >= 0.6 is 0 Å². The molecule has 1 aromatic rings. The van der Waals surface area contributed by atoms with Crippen LogP contribution in [0.1, 0.15) is 18.9 Å². The minimum atomic E-state index is 0.129. The molecule has 5 nitrogen and oxygen atoms in total. The van der Waals surface area contributed by atoms with Crippen molar-refractivity contribution in [1.82, 2.24) is 4.90 Å². The molecule has 7 N–H and O–H groups in total. The van der Waals surface area contributed by atoms with E-state index in [0.717, 1.165) is 13.0 Å². The van der Waals surface area contributed by atoms with Crippen molar-refractivity contribution in [3.8, 4) is 5.75 Å². The average molecular weight is 262 g/mol. The third-order valence-electron chi connectivity index (χ3n) is 2.77. The summed E-state index contributed by atoms with van der Waals surface area (Å²) in [6.45, 7) is 2.88. The Kier molecular flexibility index (Phi) is 5.11. The molecule has 0 bridgehead atoms. The van der Waals surface area contributed by atoms with Crippen molar-refractivity contribution < 1.29 is 5.11 Å². The molecule has 0 amide bonds. The minimum absolute atomic E-state index is 0.129. The van der Waals surface area contributed by atoms with Crippen LogP contribution in [0.3, 0.4) is 0 Å². The molecule has 19 heavy (non-hydrogen) atoms. The topological polar surface area (TPSA) is 102 Å². The summed E-state index contributed by atoms with van der Waals surface area (Å²) in [6, 6.07) is 6.87. The molecule has 0 heterocycles. The van der Waals surface area contributed by atoms with Gasteiger partial charge in [0.25, 0.3) is 0 Å². The molecular formula is C14H22N4O. The second kappa shape index (κ2) is 6.58. The van der Waals surface area contributed by atoms with Gasteiger partial charge in [0.2, 0.25) is 0 Å². The molecule has 0 unspecified atom stereocenters. The zero-order valence-corrected chi connectivity index (χ0v) is 11.4. The van der Waals surface area contributed by atoms with Crippen molar-refractivity contribution >= 4 is 5.70 Å². The Hall–Kier alpha value is -2.30. The van der Waals surface area contributed by atoms with E-state index in [0.29, 0.717) is 17.0 Å². The van der Waals surface area contributed by atoms with Gasteiger partial charge in [-0.1, -0.05) is 19.1 Å². The van der Waals surface area contributed by atoms with Gasteiger partial charge in [-0.3, -0.25) is 0 Å². The van der Waals surface area contributed by atoms with Crippen LogP contribution in [0.4, 0.5) is 0 Å². The fraction of sp³-hybridized carbons (Fsp3) is 0.286. The standard InChI is InChI=1S/C14H22N4O/c1-3-8-18(2)12(14(16)17)9-11(15)10-6-4-5-7-13(10)19/h4-7,9,19H,3,8,15-17H2,1-2H3/b11-9-. The van der Waals surface area contributed by atoms with E-state index in [1.807, 2.05) is 11.9 Å². The number of allylic oxidation sites excluding steroid dienone is 1. The zero-order valence-electron chi connectivity index (χ0n) is 11.4. The van der Waals surface area contributed by atoms with Crippen LogP contribution in [0.2, 0.25) is 0 Å². The summed E-state index contributed by atoms with van der Waals surface area (Å²) in [4.78, 5) is 1.93. The molecule has 0 saturated heterocycles. The van der Waals surface area contributed by atoms with E-state index in [2.05, 4.69) is 6.92 Å². The van der Waals surface area contributed by atoms with Crippen LogP contribution in [0.5, 0.6) is 5.75 Å². The second-order valence-electron chi connectivity index (χ2n) is 4.38. The summed E-state index contributed by atoms with van der Waals surface area (Å²) in [6.07, 6.45) is 2.65. The lowest BCUT2D eigenvalue weighted by Crippen LogP contribution is -2.25. The van der Waals surface area contributed by atoms with Crippen molar-refractivity contribution in [2.24, 2.45) is 17.2 Å². The number of rotatable bonds is 5. The first-order chi connectivity index (χ1) is 8.97. The third-order valence-corrected chi connectivity index (χ3v) is 2.77. The number of hydrogen-bond acceptors (Lipinski definition) is 5. The Balaban J connectivity index is 3.11. The van der Waals surface area contributed by atoms with E-state index >= 15 is 0 Å². The van der Waals surface area contributed by atoms with E-state index in [1.54, 1.807) is 30.3 Å². The summed E-state index contributed by atoms with van der Waals surface area (Å²) in [5, 5.41) is 9.76. The first kappa shape index (κ1) is 14.8. The van der Waals surface area contributed by atoms with Crippen molar-refractivity contribution in [3.63, 3.8) is 0 Å². The molecule has 1 rings (SSSR count). The quantitative estimate of drug-likeness (QED) is 0.596. The first-order valence-electron chi connectivity index (χ1n) is 6.19. The number of likely N-dealkylation sites (N-methyl/N-ethyl adjacent to an activating group) is 1. The monoisotopic (exact) mass is 262 g/mol. The maximum Gasteiger partial charge on any atom is 0.124 e. The number of benzene rings is 1. The summed E-state index contributed by atoms with van der Waals surface area (Å²) in [5.74, 6) is 0.332. The van der Waals surface area contributed by atoms with Gasteiger partial charge in [0, 0.05) is 24.9 Å². The van der Waals surface area contributed by atoms with Gasteiger partial charge in [-0.25, -0.2) is 0 Å². The minimum Gasteiger partial charge on any atom is -0.507 e. The second-order valence-corrected chi connectivity index (χ2v) is 4.38. The van der Waals surface area contributed by atoms with Crippen LogP contribution < -0.4 is 17.2 Å². The molecule has 0 aliphatic carbocycles. The van der Waals surface area contributed by atoms with Crippen LogP contribution in [0.25, 0.3) is 5.70 Å². The Morgan fingerprint density at radius 2 is 1.89 bits per heavy atom. The Morgan fingerprint density at radius 1 is 1.26 bits per heavy atom.